The van der Waals surface area contributed by atoms with Crippen molar-refractivity contribution in [2.45, 2.75) is 58.3 Å². The van der Waals surface area contributed by atoms with Crippen molar-refractivity contribution >= 4 is 0 Å². The first-order valence-electron chi connectivity index (χ1n) is 9.74. The lowest BCUT2D eigenvalue weighted by molar-refractivity contribution is 0.192. The molecule has 0 amide bonds. The zero-order chi connectivity index (χ0) is 18.5. The second kappa shape index (κ2) is 8.66. The van der Waals surface area contributed by atoms with Gasteiger partial charge in [0.15, 0.2) is 11.6 Å². The summed E-state index contributed by atoms with van der Waals surface area (Å²) in [6.07, 6.45) is 6.71. The predicted octanol–water partition coefficient (Wildman–Crippen LogP) is 6.58. The Morgan fingerprint density at radius 3 is 2.27 bits per heavy atom. The average molecular weight is 358 g/mol. The predicted molar refractivity (Wildman–Crippen MR) is 102 cm³/mol. The number of benzene rings is 2. The molecule has 1 saturated carbocycles. The minimum absolute atomic E-state index is 0.0294. The van der Waals surface area contributed by atoms with E-state index in [0.29, 0.717) is 24.0 Å². The first kappa shape index (κ1) is 18.9. The van der Waals surface area contributed by atoms with Crippen LogP contribution in [0.25, 0.3) is 0 Å². The van der Waals surface area contributed by atoms with Gasteiger partial charge in [-0.15, -0.1) is 0 Å². The minimum Gasteiger partial charge on any atom is -0.490 e. The maximum atomic E-state index is 13.9. The Kier molecular flexibility index (Phi) is 6.29. The molecule has 0 N–H and O–H groups in total. The van der Waals surface area contributed by atoms with Crippen molar-refractivity contribution in [2.24, 2.45) is 5.92 Å². The summed E-state index contributed by atoms with van der Waals surface area (Å²) >= 11 is 0. The molecular formula is C23H28F2O. The third-order valence-corrected chi connectivity index (χ3v) is 5.55. The van der Waals surface area contributed by atoms with Gasteiger partial charge < -0.3 is 4.74 Å². The lowest BCUT2D eigenvalue weighted by Gasteiger charge is -2.29. The Labute approximate surface area is 155 Å². The fraction of sp³-hybridized carbons (Fsp3) is 0.478. The number of aryl methyl sites for hydroxylation is 2. The first-order valence-corrected chi connectivity index (χ1v) is 9.74. The highest BCUT2D eigenvalue weighted by molar-refractivity contribution is 5.30. The largest absolute Gasteiger partial charge is 0.490 e. The summed E-state index contributed by atoms with van der Waals surface area (Å²) in [6, 6.07) is 12.1. The van der Waals surface area contributed by atoms with Crippen molar-refractivity contribution in [1.82, 2.24) is 0 Å². The van der Waals surface area contributed by atoms with E-state index in [4.69, 9.17) is 4.74 Å². The smallest absolute Gasteiger partial charge is 0.200 e. The third-order valence-electron chi connectivity index (χ3n) is 5.55. The van der Waals surface area contributed by atoms with Crippen molar-refractivity contribution in [3.05, 3.63) is 64.7 Å². The summed E-state index contributed by atoms with van der Waals surface area (Å²) in [4.78, 5) is 0. The molecule has 2 aromatic carbocycles. The SMILES string of the molecule is CCCc1ccc(C2CCC(COc3ccc(C)c(F)c3F)CC2)cc1. The van der Waals surface area contributed by atoms with Gasteiger partial charge in [0.1, 0.15) is 0 Å². The van der Waals surface area contributed by atoms with Crippen LogP contribution in [0.1, 0.15) is 61.6 Å². The summed E-state index contributed by atoms with van der Waals surface area (Å²) in [6.45, 7) is 4.22. The molecular weight excluding hydrogens is 330 g/mol. The Morgan fingerprint density at radius 1 is 0.923 bits per heavy atom. The molecule has 1 nitrogen and oxygen atoms in total. The van der Waals surface area contributed by atoms with Gasteiger partial charge in [0.25, 0.3) is 0 Å². The van der Waals surface area contributed by atoms with E-state index in [-0.39, 0.29) is 5.75 Å². The molecule has 2 aromatic rings. The molecule has 0 heterocycles. The standard InChI is InChI=1S/C23H28F2O/c1-3-4-17-6-10-19(11-7-17)20-12-8-18(9-13-20)15-26-21-14-5-16(2)22(24)23(21)25/h5-7,10-11,14,18,20H,3-4,8-9,12-13,15H2,1-2H3. The van der Waals surface area contributed by atoms with Gasteiger partial charge in [-0.05, 0) is 73.6 Å². The van der Waals surface area contributed by atoms with Crippen LogP contribution >= 0.6 is 0 Å². The Morgan fingerprint density at radius 2 is 1.62 bits per heavy atom. The fourth-order valence-electron chi connectivity index (χ4n) is 3.85. The van der Waals surface area contributed by atoms with E-state index in [9.17, 15) is 8.78 Å². The van der Waals surface area contributed by atoms with Crippen LogP contribution in [0, 0.1) is 24.5 Å². The summed E-state index contributed by atoms with van der Waals surface area (Å²) < 4.78 is 33.1. The Bertz CT molecular complexity index is 716. The monoisotopic (exact) mass is 358 g/mol. The molecule has 0 atom stereocenters. The van der Waals surface area contributed by atoms with Gasteiger partial charge in [-0.2, -0.15) is 4.39 Å². The molecule has 3 heteroatoms. The molecule has 1 aliphatic rings. The molecule has 26 heavy (non-hydrogen) atoms. The molecule has 1 fully saturated rings. The normalized spacial score (nSPS) is 20.2. The van der Waals surface area contributed by atoms with Crippen LogP contribution in [-0.2, 0) is 6.42 Å². The van der Waals surface area contributed by atoms with Crippen LogP contribution in [0.4, 0.5) is 8.78 Å². The van der Waals surface area contributed by atoms with Crippen molar-refractivity contribution in [2.75, 3.05) is 6.61 Å². The molecule has 140 valence electrons. The van der Waals surface area contributed by atoms with Crippen LogP contribution in [0.2, 0.25) is 0 Å². The van der Waals surface area contributed by atoms with Crippen LogP contribution in [-0.4, -0.2) is 6.61 Å². The van der Waals surface area contributed by atoms with E-state index >= 15 is 0 Å². The van der Waals surface area contributed by atoms with E-state index in [0.717, 1.165) is 32.1 Å². The van der Waals surface area contributed by atoms with E-state index < -0.39 is 11.6 Å². The Hall–Kier alpha value is -1.90. The molecule has 0 aliphatic heterocycles. The number of rotatable bonds is 6. The summed E-state index contributed by atoms with van der Waals surface area (Å²) in [5, 5.41) is 0. The molecule has 0 radical (unpaired) electrons. The third kappa shape index (κ3) is 4.44. The Balaban J connectivity index is 1.50. The number of halogens is 2. The topological polar surface area (TPSA) is 9.23 Å². The van der Waals surface area contributed by atoms with E-state index in [1.165, 1.54) is 23.6 Å². The van der Waals surface area contributed by atoms with E-state index in [1.807, 2.05) is 0 Å². The van der Waals surface area contributed by atoms with Gasteiger partial charge in [-0.3, -0.25) is 0 Å². The van der Waals surface area contributed by atoms with E-state index in [1.54, 1.807) is 13.0 Å². The zero-order valence-electron chi connectivity index (χ0n) is 15.7. The molecule has 0 aromatic heterocycles. The average Bonchev–Trinajstić information content (AvgIpc) is 2.67. The highest BCUT2D eigenvalue weighted by Gasteiger charge is 2.23. The fourth-order valence-corrected chi connectivity index (χ4v) is 3.85. The summed E-state index contributed by atoms with van der Waals surface area (Å²) in [5.74, 6) is -0.629. The molecule has 0 spiro atoms. The molecule has 3 rings (SSSR count). The summed E-state index contributed by atoms with van der Waals surface area (Å²) in [5.41, 5.74) is 3.14. The van der Waals surface area contributed by atoms with Crippen molar-refractivity contribution in [3.63, 3.8) is 0 Å². The van der Waals surface area contributed by atoms with Crippen molar-refractivity contribution in [1.29, 1.82) is 0 Å². The molecule has 1 aliphatic carbocycles. The lowest BCUT2D eigenvalue weighted by atomic mass is 9.79. The van der Waals surface area contributed by atoms with Gasteiger partial charge in [-0.25, -0.2) is 4.39 Å². The van der Waals surface area contributed by atoms with Crippen LogP contribution in [0.5, 0.6) is 5.75 Å². The highest BCUT2D eigenvalue weighted by atomic mass is 19.2. The van der Waals surface area contributed by atoms with Crippen LogP contribution in [0.3, 0.4) is 0 Å². The lowest BCUT2D eigenvalue weighted by Crippen LogP contribution is -2.19. The summed E-state index contributed by atoms with van der Waals surface area (Å²) in [7, 11) is 0. The zero-order valence-corrected chi connectivity index (χ0v) is 15.7. The first-order chi connectivity index (χ1) is 12.6. The number of ether oxygens (including phenoxy) is 1. The number of hydrogen-bond donors (Lipinski definition) is 0. The number of hydrogen-bond acceptors (Lipinski definition) is 1. The maximum absolute atomic E-state index is 13.9. The van der Waals surface area contributed by atoms with Gasteiger partial charge in [0.05, 0.1) is 6.61 Å². The van der Waals surface area contributed by atoms with Crippen LogP contribution < -0.4 is 4.74 Å². The maximum Gasteiger partial charge on any atom is 0.200 e. The van der Waals surface area contributed by atoms with Gasteiger partial charge in [0.2, 0.25) is 5.82 Å². The second-order valence-corrected chi connectivity index (χ2v) is 7.53. The molecule has 0 saturated heterocycles. The van der Waals surface area contributed by atoms with E-state index in [2.05, 4.69) is 31.2 Å². The van der Waals surface area contributed by atoms with Crippen LogP contribution in [0.15, 0.2) is 36.4 Å². The van der Waals surface area contributed by atoms with Gasteiger partial charge >= 0.3 is 0 Å². The van der Waals surface area contributed by atoms with Crippen molar-refractivity contribution in [3.8, 4) is 5.75 Å². The molecule has 0 bridgehead atoms. The van der Waals surface area contributed by atoms with Gasteiger partial charge in [-0.1, -0.05) is 43.7 Å². The van der Waals surface area contributed by atoms with Crippen molar-refractivity contribution < 1.29 is 13.5 Å². The molecule has 0 unspecified atom stereocenters. The second-order valence-electron chi connectivity index (χ2n) is 7.53. The van der Waals surface area contributed by atoms with Gasteiger partial charge in [0, 0.05) is 0 Å². The highest BCUT2D eigenvalue weighted by Crippen LogP contribution is 2.36. The minimum atomic E-state index is -0.870. The quantitative estimate of drug-likeness (QED) is 0.567.